The number of hydrogen-bond acceptors (Lipinski definition) is 3. The van der Waals surface area contributed by atoms with E-state index in [4.69, 9.17) is 5.26 Å². The first-order chi connectivity index (χ1) is 11.8. The highest BCUT2D eigenvalue weighted by Crippen LogP contribution is 2.18. The third kappa shape index (κ3) is 4.35. The molecule has 2 aromatic rings. The first-order valence-corrected chi connectivity index (χ1v) is 7.08. The summed E-state index contributed by atoms with van der Waals surface area (Å²) in [6, 6.07) is 6.81. The maximum Gasteiger partial charge on any atom is 0.313 e. The van der Waals surface area contributed by atoms with Crippen molar-refractivity contribution in [1.29, 1.82) is 5.26 Å². The maximum absolute atomic E-state index is 13.7. The van der Waals surface area contributed by atoms with Gasteiger partial charge >= 0.3 is 11.8 Å². The summed E-state index contributed by atoms with van der Waals surface area (Å²) < 4.78 is 39.8. The molecule has 128 valence electrons. The van der Waals surface area contributed by atoms with E-state index in [-0.39, 0.29) is 16.8 Å². The van der Waals surface area contributed by atoms with Crippen LogP contribution in [0.3, 0.4) is 0 Å². The van der Waals surface area contributed by atoms with Gasteiger partial charge < -0.3 is 10.6 Å². The zero-order chi connectivity index (χ0) is 18.6. The zero-order valence-corrected chi connectivity index (χ0v) is 12.9. The number of nitrogens with zero attached hydrogens (tertiary/aromatic N) is 1. The van der Waals surface area contributed by atoms with Gasteiger partial charge in [0.25, 0.3) is 0 Å². The summed E-state index contributed by atoms with van der Waals surface area (Å²) in [5.41, 5.74) is -0.227. The van der Waals surface area contributed by atoms with Gasteiger partial charge in [0.2, 0.25) is 0 Å². The Morgan fingerprint density at radius 2 is 1.76 bits per heavy atom. The minimum absolute atomic E-state index is 0.0103. The molecule has 0 saturated heterocycles. The highest BCUT2D eigenvalue weighted by atomic mass is 19.1. The molecule has 8 heteroatoms. The molecule has 1 atom stereocenters. The Bertz CT molecular complexity index is 878. The molecule has 0 radical (unpaired) electrons. The number of amides is 2. The number of anilines is 1. The van der Waals surface area contributed by atoms with Crippen molar-refractivity contribution in [2.75, 3.05) is 5.32 Å². The van der Waals surface area contributed by atoms with Crippen LogP contribution in [0, 0.1) is 28.8 Å². The average Bonchev–Trinajstić information content (AvgIpc) is 2.56. The Labute approximate surface area is 141 Å². The second-order valence-corrected chi connectivity index (χ2v) is 5.12. The Morgan fingerprint density at radius 3 is 2.40 bits per heavy atom. The molecule has 0 fully saturated rings. The van der Waals surface area contributed by atoms with Crippen molar-refractivity contribution in [2.45, 2.75) is 13.0 Å². The maximum atomic E-state index is 13.7. The molecular formula is C17H12F3N3O2. The topological polar surface area (TPSA) is 82.0 Å². The molecule has 2 amide bonds. The van der Waals surface area contributed by atoms with E-state index in [9.17, 15) is 22.8 Å². The van der Waals surface area contributed by atoms with Crippen molar-refractivity contribution < 1.29 is 22.8 Å². The van der Waals surface area contributed by atoms with Crippen LogP contribution in [0.15, 0.2) is 36.4 Å². The van der Waals surface area contributed by atoms with Gasteiger partial charge in [0.15, 0.2) is 0 Å². The first-order valence-electron chi connectivity index (χ1n) is 7.08. The molecule has 0 saturated carbocycles. The smallest absolute Gasteiger partial charge is 0.313 e. The van der Waals surface area contributed by atoms with E-state index in [1.165, 1.54) is 13.0 Å². The van der Waals surface area contributed by atoms with Crippen LogP contribution in [-0.4, -0.2) is 11.8 Å². The molecule has 0 unspecified atom stereocenters. The minimum atomic E-state index is -1.08. The van der Waals surface area contributed by atoms with E-state index in [0.29, 0.717) is 6.07 Å². The SMILES string of the molecule is C[C@H](NC(=O)C(=O)Nc1ccc(F)c(C#N)c1)c1ccc(F)cc1F. The predicted octanol–water partition coefficient (Wildman–Crippen LogP) is 2.79. The quantitative estimate of drug-likeness (QED) is 0.838. The molecule has 0 spiro atoms. The summed E-state index contributed by atoms with van der Waals surface area (Å²) in [5.74, 6) is -4.53. The van der Waals surface area contributed by atoms with Crippen molar-refractivity contribution in [3.05, 3.63) is 65.0 Å². The number of hydrogen-bond donors (Lipinski definition) is 2. The second kappa shape index (κ2) is 7.49. The Balaban J connectivity index is 2.05. The molecule has 2 rings (SSSR count). The number of benzene rings is 2. The Hall–Kier alpha value is -3.34. The lowest BCUT2D eigenvalue weighted by Crippen LogP contribution is -2.37. The second-order valence-electron chi connectivity index (χ2n) is 5.12. The fraction of sp³-hybridized carbons (Fsp3) is 0.118. The molecule has 0 aromatic heterocycles. The van der Waals surface area contributed by atoms with Crippen molar-refractivity contribution in [3.8, 4) is 6.07 Å². The van der Waals surface area contributed by atoms with Gasteiger partial charge in [-0.2, -0.15) is 5.26 Å². The Kier molecular flexibility index (Phi) is 5.39. The van der Waals surface area contributed by atoms with Gasteiger partial charge in [0.1, 0.15) is 23.5 Å². The molecule has 0 aliphatic rings. The highest BCUT2D eigenvalue weighted by Gasteiger charge is 2.19. The predicted molar refractivity (Wildman–Crippen MR) is 82.7 cm³/mol. The van der Waals surface area contributed by atoms with Crippen LogP contribution in [0.1, 0.15) is 24.1 Å². The fourth-order valence-electron chi connectivity index (χ4n) is 2.07. The number of nitriles is 1. The molecular weight excluding hydrogens is 335 g/mol. The summed E-state index contributed by atoms with van der Waals surface area (Å²) in [5, 5.41) is 13.2. The number of halogens is 3. The lowest BCUT2D eigenvalue weighted by atomic mass is 10.1. The highest BCUT2D eigenvalue weighted by molar-refractivity contribution is 6.39. The van der Waals surface area contributed by atoms with Gasteiger partial charge in [-0.25, -0.2) is 13.2 Å². The molecule has 0 aliphatic heterocycles. The standard InChI is InChI=1S/C17H12F3N3O2/c1-9(13-4-2-11(18)7-15(13)20)22-16(24)17(25)23-12-3-5-14(19)10(6-12)8-21/h2-7,9H,1H3,(H,22,24)(H,23,25)/t9-/m0/s1. The van der Waals surface area contributed by atoms with E-state index in [0.717, 1.165) is 24.3 Å². The van der Waals surface area contributed by atoms with Crippen LogP contribution < -0.4 is 10.6 Å². The average molecular weight is 347 g/mol. The van der Waals surface area contributed by atoms with E-state index in [1.807, 2.05) is 0 Å². The van der Waals surface area contributed by atoms with Gasteiger partial charge in [-0.1, -0.05) is 6.07 Å². The van der Waals surface area contributed by atoms with Gasteiger partial charge in [-0.05, 0) is 31.2 Å². The van der Waals surface area contributed by atoms with Crippen molar-refractivity contribution in [1.82, 2.24) is 5.32 Å². The number of rotatable bonds is 3. The van der Waals surface area contributed by atoms with Crippen LogP contribution in [-0.2, 0) is 9.59 Å². The summed E-state index contributed by atoms with van der Waals surface area (Å²) in [6.45, 7) is 1.42. The van der Waals surface area contributed by atoms with E-state index in [1.54, 1.807) is 6.07 Å². The molecule has 2 N–H and O–H groups in total. The minimum Gasteiger partial charge on any atom is -0.341 e. The monoisotopic (exact) mass is 347 g/mol. The summed E-state index contributed by atoms with van der Waals surface area (Å²) >= 11 is 0. The van der Waals surface area contributed by atoms with Gasteiger partial charge in [-0.3, -0.25) is 9.59 Å². The fourth-order valence-corrected chi connectivity index (χ4v) is 2.07. The Morgan fingerprint density at radius 1 is 1.04 bits per heavy atom. The largest absolute Gasteiger partial charge is 0.341 e. The van der Waals surface area contributed by atoms with Gasteiger partial charge in [-0.15, -0.1) is 0 Å². The van der Waals surface area contributed by atoms with Crippen LogP contribution in [0.25, 0.3) is 0 Å². The summed E-state index contributed by atoms with van der Waals surface area (Å²) in [4.78, 5) is 23.7. The van der Waals surface area contributed by atoms with Crippen molar-refractivity contribution in [3.63, 3.8) is 0 Å². The molecule has 5 nitrogen and oxygen atoms in total. The third-order valence-electron chi connectivity index (χ3n) is 3.33. The molecule has 0 bridgehead atoms. The summed E-state index contributed by atoms with van der Waals surface area (Å²) in [6.07, 6.45) is 0. The van der Waals surface area contributed by atoms with E-state index in [2.05, 4.69) is 10.6 Å². The van der Waals surface area contributed by atoms with Crippen LogP contribution in [0.5, 0.6) is 0 Å². The molecule has 2 aromatic carbocycles. The first kappa shape index (κ1) is 18.0. The number of carbonyl (C=O) groups excluding carboxylic acids is 2. The van der Waals surface area contributed by atoms with E-state index < -0.39 is 35.3 Å². The number of carbonyl (C=O) groups is 2. The van der Waals surface area contributed by atoms with Crippen LogP contribution in [0.2, 0.25) is 0 Å². The van der Waals surface area contributed by atoms with Gasteiger partial charge in [0.05, 0.1) is 11.6 Å². The van der Waals surface area contributed by atoms with Crippen molar-refractivity contribution >= 4 is 17.5 Å². The molecule has 25 heavy (non-hydrogen) atoms. The lowest BCUT2D eigenvalue weighted by molar-refractivity contribution is -0.136. The van der Waals surface area contributed by atoms with Crippen LogP contribution >= 0.6 is 0 Å². The van der Waals surface area contributed by atoms with E-state index >= 15 is 0 Å². The molecule has 0 aliphatic carbocycles. The lowest BCUT2D eigenvalue weighted by Gasteiger charge is -2.15. The number of nitrogens with one attached hydrogen (secondary N) is 2. The normalized spacial score (nSPS) is 11.3. The summed E-state index contributed by atoms with van der Waals surface area (Å²) in [7, 11) is 0. The third-order valence-corrected chi connectivity index (χ3v) is 3.33. The molecule has 0 heterocycles. The van der Waals surface area contributed by atoms with Crippen molar-refractivity contribution in [2.24, 2.45) is 0 Å². The van der Waals surface area contributed by atoms with Gasteiger partial charge in [0, 0.05) is 17.3 Å². The zero-order valence-electron chi connectivity index (χ0n) is 12.9. The van der Waals surface area contributed by atoms with Crippen LogP contribution in [0.4, 0.5) is 18.9 Å².